The molecule has 4 atom stereocenters. The van der Waals surface area contributed by atoms with Crippen LogP contribution in [0.1, 0.15) is 12.5 Å². The Kier molecular flexibility index (Phi) is 3.00. The van der Waals surface area contributed by atoms with Crippen LogP contribution in [0.15, 0.2) is 36.9 Å². The summed E-state index contributed by atoms with van der Waals surface area (Å²) in [6.45, 7) is 6.04. The zero-order valence-electron chi connectivity index (χ0n) is 13.7. The van der Waals surface area contributed by atoms with Crippen molar-refractivity contribution >= 4 is 23.4 Å². The number of nitrogens with two attached hydrogens (primary N) is 1. The smallest absolute Gasteiger partial charge is 0.294 e. The zero-order chi connectivity index (χ0) is 17.2. The van der Waals surface area contributed by atoms with Crippen LogP contribution in [-0.2, 0) is 19.9 Å². The van der Waals surface area contributed by atoms with E-state index in [1.807, 2.05) is 36.5 Å². The summed E-state index contributed by atoms with van der Waals surface area (Å²) in [6.07, 6.45) is 1.68. The lowest BCUT2D eigenvalue weighted by molar-refractivity contribution is -0.730. The van der Waals surface area contributed by atoms with Gasteiger partial charge in [0.1, 0.15) is 11.8 Å². The summed E-state index contributed by atoms with van der Waals surface area (Å²) in [6, 6.07) is 7.42. The first kappa shape index (κ1) is 15.1. The van der Waals surface area contributed by atoms with E-state index in [-0.39, 0.29) is 23.8 Å². The van der Waals surface area contributed by atoms with Gasteiger partial charge in [-0.25, -0.2) is 0 Å². The van der Waals surface area contributed by atoms with Gasteiger partial charge < -0.3 is 10.2 Å². The molecule has 6 nitrogen and oxygen atoms in total. The summed E-state index contributed by atoms with van der Waals surface area (Å²) in [5.41, 5.74) is 0.593. The first-order valence-electron chi connectivity index (χ1n) is 8.15. The van der Waals surface area contributed by atoms with E-state index in [1.54, 1.807) is 11.0 Å². The van der Waals surface area contributed by atoms with Crippen molar-refractivity contribution in [1.82, 2.24) is 4.90 Å². The third-order valence-electron chi connectivity index (χ3n) is 5.71. The average molecular weight is 326 g/mol. The molecular formula is C18H20N3O3+. The lowest BCUT2D eigenvalue weighted by Crippen LogP contribution is -2.98. The molecule has 3 aliphatic rings. The van der Waals surface area contributed by atoms with Gasteiger partial charge in [0.05, 0.1) is 11.7 Å². The Labute approximate surface area is 140 Å². The van der Waals surface area contributed by atoms with Crippen LogP contribution in [0.2, 0.25) is 0 Å². The highest BCUT2D eigenvalue weighted by molar-refractivity contribution is 6.14. The van der Waals surface area contributed by atoms with E-state index in [1.165, 1.54) is 11.9 Å². The Morgan fingerprint density at radius 3 is 2.67 bits per heavy atom. The fourth-order valence-corrected chi connectivity index (χ4v) is 4.74. The number of quaternary nitrogens is 1. The van der Waals surface area contributed by atoms with Gasteiger partial charge in [0.15, 0.2) is 0 Å². The molecule has 124 valence electrons. The third-order valence-corrected chi connectivity index (χ3v) is 5.71. The number of para-hydroxylation sites is 1. The molecule has 3 aliphatic heterocycles. The Morgan fingerprint density at radius 1 is 1.25 bits per heavy atom. The van der Waals surface area contributed by atoms with E-state index in [0.29, 0.717) is 6.54 Å². The van der Waals surface area contributed by atoms with Crippen LogP contribution in [0.5, 0.6) is 0 Å². The summed E-state index contributed by atoms with van der Waals surface area (Å²) < 4.78 is 0. The monoisotopic (exact) mass is 326 g/mol. The molecule has 4 rings (SSSR count). The number of hydrogen-bond donors (Lipinski definition) is 1. The fraction of sp³-hybridized carbons (Fsp3) is 0.389. The number of benzene rings is 1. The zero-order valence-corrected chi connectivity index (χ0v) is 13.7. The SMILES string of the molecule is C=CCN1C(=O)[C@]2([NH2+][C@@H](C)[C@@H]3C(=O)N(C)C(=O)[C@H]32)c2ccccc21. The molecule has 6 heteroatoms. The van der Waals surface area contributed by atoms with Crippen molar-refractivity contribution in [2.75, 3.05) is 18.5 Å². The summed E-state index contributed by atoms with van der Waals surface area (Å²) >= 11 is 0. The molecule has 1 spiro atoms. The first-order chi connectivity index (χ1) is 11.4. The number of hydrogen-bond acceptors (Lipinski definition) is 3. The van der Waals surface area contributed by atoms with E-state index in [0.717, 1.165) is 11.3 Å². The van der Waals surface area contributed by atoms with Crippen LogP contribution in [0.25, 0.3) is 0 Å². The molecule has 0 radical (unpaired) electrons. The van der Waals surface area contributed by atoms with Crippen molar-refractivity contribution in [2.24, 2.45) is 11.8 Å². The summed E-state index contributed by atoms with van der Waals surface area (Å²) in [7, 11) is 1.51. The number of fused-ring (bicyclic) bond motifs is 4. The van der Waals surface area contributed by atoms with E-state index in [4.69, 9.17) is 0 Å². The number of imide groups is 1. The third kappa shape index (κ3) is 1.52. The molecule has 1 aromatic carbocycles. The number of amides is 3. The van der Waals surface area contributed by atoms with Gasteiger partial charge in [0.25, 0.3) is 5.91 Å². The molecule has 0 unspecified atom stereocenters. The van der Waals surface area contributed by atoms with Gasteiger partial charge in [-0.3, -0.25) is 19.3 Å². The minimum atomic E-state index is -1.04. The van der Waals surface area contributed by atoms with Crippen LogP contribution >= 0.6 is 0 Å². The lowest BCUT2D eigenvalue weighted by Gasteiger charge is -2.26. The van der Waals surface area contributed by atoms with E-state index >= 15 is 0 Å². The standard InChI is InChI=1S/C18H19N3O3/c1-4-9-21-12-8-6-5-7-11(12)18(17(21)24)14-13(10(2)19-18)15(22)20(3)16(14)23/h4-8,10,13-14,19H,1,9H2,2-3H3/p+1/t10-,13-,14-,18-/m0/s1. The van der Waals surface area contributed by atoms with E-state index in [9.17, 15) is 14.4 Å². The largest absolute Gasteiger partial charge is 0.326 e. The Hall–Kier alpha value is -2.47. The van der Waals surface area contributed by atoms with Gasteiger partial charge in [0.2, 0.25) is 17.4 Å². The first-order valence-corrected chi connectivity index (χ1v) is 8.15. The van der Waals surface area contributed by atoms with Gasteiger partial charge in [0, 0.05) is 19.2 Å². The molecule has 1 aromatic rings. The maximum absolute atomic E-state index is 13.4. The topological polar surface area (TPSA) is 74.3 Å². The molecule has 0 aromatic heterocycles. The van der Waals surface area contributed by atoms with Crippen LogP contribution in [0.4, 0.5) is 5.69 Å². The van der Waals surface area contributed by atoms with Crippen LogP contribution in [-0.4, -0.2) is 42.3 Å². The second-order valence-corrected chi connectivity index (χ2v) is 6.86. The van der Waals surface area contributed by atoms with Crippen molar-refractivity contribution in [1.29, 1.82) is 0 Å². The van der Waals surface area contributed by atoms with Crippen molar-refractivity contribution in [3.63, 3.8) is 0 Å². The van der Waals surface area contributed by atoms with Crippen molar-refractivity contribution in [3.8, 4) is 0 Å². The molecule has 2 saturated heterocycles. The van der Waals surface area contributed by atoms with Crippen molar-refractivity contribution < 1.29 is 19.7 Å². The lowest BCUT2D eigenvalue weighted by atomic mass is 9.76. The molecule has 2 N–H and O–H groups in total. The highest BCUT2D eigenvalue weighted by Crippen LogP contribution is 2.50. The second kappa shape index (κ2) is 4.77. The number of nitrogens with zero attached hydrogens (tertiary/aromatic N) is 2. The average Bonchev–Trinajstić information content (AvgIpc) is 3.10. The molecular weight excluding hydrogens is 306 g/mol. The van der Waals surface area contributed by atoms with E-state index < -0.39 is 17.4 Å². The summed E-state index contributed by atoms with van der Waals surface area (Å²) in [4.78, 5) is 41.6. The maximum Gasteiger partial charge on any atom is 0.294 e. The number of rotatable bonds is 2. The van der Waals surface area contributed by atoms with Crippen LogP contribution in [0, 0.1) is 11.8 Å². The molecule has 0 bridgehead atoms. The van der Waals surface area contributed by atoms with Gasteiger partial charge in [-0.15, -0.1) is 6.58 Å². The van der Waals surface area contributed by atoms with Crippen LogP contribution in [0.3, 0.4) is 0 Å². The van der Waals surface area contributed by atoms with Gasteiger partial charge in [-0.1, -0.05) is 24.3 Å². The van der Waals surface area contributed by atoms with Crippen molar-refractivity contribution in [3.05, 3.63) is 42.5 Å². The van der Waals surface area contributed by atoms with Gasteiger partial charge in [-0.2, -0.15) is 0 Å². The highest BCUT2D eigenvalue weighted by Gasteiger charge is 2.74. The number of carbonyl (C=O) groups excluding carboxylic acids is 3. The van der Waals surface area contributed by atoms with Crippen molar-refractivity contribution in [2.45, 2.75) is 18.5 Å². The molecule has 3 heterocycles. The van der Waals surface area contributed by atoms with E-state index in [2.05, 4.69) is 6.58 Å². The minimum Gasteiger partial charge on any atom is -0.326 e. The molecule has 3 amide bonds. The predicted octanol–water partition coefficient (Wildman–Crippen LogP) is -0.389. The Balaban J connectivity index is 1.95. The second-order valence-electron chi connectivity index (χ2n) is 6.86. The number of anilines is 1. The highest BCUT2D eigenvalue weighted by atomic mass is 16.2. The Morgan fingerprint density at radius 2 is 1.96 bits per heavy atom. The normalized spacial score (nSPS) is 34.2. The summed E-state index contributed by atoms with van der Waals surface area (Å²) in [5, 5.41) is 1.93. The molecule has 0 saturated carbocycles. The number of carbonyl (C=O) groups is 3. The number of likely N-dealkylation sites (tertiary alicyclic amines) is 1. The van der Waals surface area contributed by atoms with Crippen LogP contribution < -0.4 is 10.2 Å². The quantitative estimate of drug-likeness (QED) is 0.594. The maximum atomic E-state index is 13.4. The molecule has 24 heavy (non-hydrogen) atoms. The summed E-state index contributed by atoms with van der Waals surface area (Å²) in [5.74, 6) is -1.66. The fourth-order valence-electron chi connectivity index (χ4n) is 4.74. The predicted molar refractivity (Wildman–Crippen MR) is 86.8 cm³/mol. The van der Waals surface area contributed by atoms with Gasteiger partial charge >= 0.3 is 0 Å². The molecule has 2 fully saturated rings. The minimum absolute atomic E-state index is 0.126. The van der Waals surface area contributed by atoms with Gasteiger partial charge in [-0.05, 0) is 13.0 Å². The Bertz CT molecular complexity index is 789. The molecule has 0 aliphatic carbocycles.